The summed E-state index contributed by atoms with van der Waals surface area (Å²) in [5.74, 6) is 0.987. The van der Waals surface area contributed by atoms with E-state index in [4.69, 9.17) is 10.7 Å². The van der Waals surface area contributed by atoms with Crippen molar-refractivity contribution in [2.75, 3.05) is 11.4 Å². The summed E-state index contributed by atoms with van der Waals surface area (Å²) in [4.78, 5) is 11.5. The Labute approximate surface area is 127 Å². The molecule has 0 radical (unpaired) electrons. The predicted octanol–water partition coefficient (Wildman–Crippen LogP) is 2.89. The molecule has 2 N–H and O–H groups in total. The Morgan fingerprint density at radius 2 is 1.86 bits per heavy atom. The van der Waals surface area contributed by atoms with Crippen molar-refractivity contribution in [1.29, 1.82) is 0 Å². The minimum atomic E-state index is 0.506. The van der Waals surface area contributed by atoms with Crippen LogP contribution in [0.25, 0.3) is 0 Å². The molecule has 4 heteroatoms. The summed E-state index contributed by atoms with van der Waals surface area (Å²) in [5.41, 5.74) is 11.4. The Morgan fingerprint density at radius 3 is 2.48 bits per heavy atom. The van der Waals surface area contributed by atoms with Crippen LogP contribution in [0, 0.1) is 20.8 Å². The van der Waals surface area contributed by atoms with Gasteiger partial charge in [-0.3, -0.25) is 4.98 Å². The van der Waals surface area contributed by atoms with Crippen LogP contribution in [0.3, 0.4) is 0 Å². The first-order chi connectivity index (χ1) is 10.0. The number of nitrogens with two attached hydrogens (primary N) is 1. The second kappa shape index (κ2) is 6.68. The summed E-state index contributed by atoms with van der Waals surface area (Å²) in [7, 11) is 0. The molecule has 0 aromatic carbocycles. The van der Waals surface area contributed by atoms with Crippen molar-refractivity contribution < 1.29 is 0 Å². The molecule has 0 saturated carbocycles. The van der Waals surface area contributed by atoms with Gasteiger partial charge in [0.1, 0.15) is 5.82 Å². The van der Waals surface area contributed by atoms with Crippen LogP contribution in [-0.2, 0) is 13.1 Å². The molecule has 2 rings (SSSR count). The molecule has 2 heterocycles. The van der Waals surface area contributed by atoms with E-state index in [1.54, 1.807) is 0 Å². The predicted molar refractivity (Wildman–Crippen MR) is 87.3 cm³/mol. The molecule has 21 heavy (non-hydrogen) atoms. The van der Waals surface area contributed by atoms with E-state index in [0.29, 0.717) is 6.54 Å². The Kier molecular flexibility index (Phi) is 4.91. The first-order valence-electron chi connectivity index (χ1n) is 7.39. The van der Waals surface area contributed by atoms with Crippen molar-refractivity contribution in [3.05, 3.63) is 52.5 Å². The van der Waals surface area contributed by atoms with Gasteiger partial charge < -0.3 is 10.6 Å². The summed E-state index contributed by atoms with van der Waals surface area (Å²) in [6.45, 7) is 10.4. The van der Waals surface area contributed by atoms with Crippen LogP contribution >= 0.6 is 0 Å². The van der Waals surface area contributed by atoms with E-state index in [2.05, 4.69) is 35.9 Å². The molecule has 0 aliphatic rings. The van der Waals surface area contributed by atoms with Gasteiger partial charge >= 0.3 is 0 Å². The molecule has 0 saturated heterocycles. The Morgan fingerprint density at radius 1 is 1.10 bits per heavy atom. The third-order valence-electron chi connectivity index (χ3n) is 3.64. The lowest BCUT2D eigenvalue weighted by Gasteiger charge is -2.25. The van der Waals surface area contributed by atoms with Crippen LogP contribution < -0.4 is 10.6 Å². The summed E-state index contributed by atoms with van der Waals surface area (Å²) >= 11 is 0. The highest BCUT2D eigenvalue weighted by Gasteiger charge is 2.14. The molecule has 0 aliphatic heterocycles. The normalized spacial score (nSPS) is 10.7. The molecule has 0 unspecified atom stereocenters. The molecule has 0 spiro atoms. The molecule has 0 atom stereocenters. The number of nitrogens with zero attached hydrogens (tertiary/aromatic N) is 3. The fourth-order valence-electron chi connectivity index (χ4n) is 2.58. The third kappa shape index (κ3) is 3.58. The number of hydrogen-bond acceptors (Lipinski definition) is 4. The van der Waals surface area contributed by atoms with Gasteiger partial charge in [0, 0.05) is 30.0 Å². The molecule has 0 aliphatic carbocycles. The van der Waals surface area contributed by atoms with E-state index in [0.717, 1.165) is 41.6 Å². The Balaban J connectivity index is 2.37. The lowest BCUT2D eigenvalue weighted by molar-refractivity contribution is 0.776. The lowest BCUT2D eigenvalue weighted by atomic mass is 10.1. The SMILES string of the molecule is CCN(Cc1cccc(C)n1)c1nc(C)cc(C)c1CN. The van der Waals surface area contributed by atoms with Crippen LogP contribution in [0.2, 0.25) is 0 Å². The second-order valence-corrected chi connectivity index (χ2v) is 5.37. The zero-order chi connectivity index (χ0) is 15.4. The number of rotatable bonds is 5. The summed E-state index contributed by atoms with van der Waals surface area (Å²) in [6.07, 6.45) is 0. The van der Waals surface area contributed by atoms with Crippen LogP contribution in [0.5, 0.6) is 0 Å². The second-order valence-electron chi connectivity index (χ2n) is 5.37. The molecule has 4 nitrogen and oxygen atoms in total. The maximum absolute atomic E-state index is 5.93. The molecule has 0 fully saturated rings. The first-order valence-corrected chi connectivity index (χ1v) is 7.39. The standard InChI is InChI=1S/C17H24N4/c1-5-21(11-15-8-6-7-13(3)19-15)17-16(10-18)12(2)9-14(4)20-17/h6-9H,5,10-11,18H2,1-4H3. The van der Waals surface area contributed by atoms with Gasteiger partial charge in [0.2, 0.25) is 0 Å². The Hall–Kier alpha value is -1.94. The lowest BCUT2D eigenvalue weighted by Crippen LogP contribution is -2.26. The summed E-state index contributed by atoms with van der Waals surface area (Å²) in [6, 6.07) is 8.20. The first kappa shape index (κ1) is 15.4. The maximum Gasteiger partial charge on any atom is 0.133 e. The maximum atomic E-state index is 5.93. The van der Waals surface area contributed by atoms with E-state index < -0.39 is 0 Å². The number of hydrogen-bond donors (Lipinski definition) is 1. The highest BCUT2D eigenvalue weighted by atomic mass is 15.2. The zero-order valence-corrected chi connectivity index (χ0v) is 13.3. The molecule has 0 amide bonds. The molecule has 2 aromatic rings. The van der Waals surface area contributed by atoms with Crippen molar-refractivity contribution in [1.82, 2.24) is 9.97 Å². The number of aryl methyl sites for hydroxylation is 3. The molecular formula is C17H24N4. The van der Waals surface area contributed by atoms with E-state index in [-0.39, 0.29) is 0 Å². The molecule has 2 aromatic heterocycles. The summed E-state index contributed by atoms with van der Waals surface area (Å²) < 4.78 is 0. The minimum Gasteiger partial charge on any atom is -0.351 e. The number of pyridine rings is 2. The monoisotopic (exact) mass is 284 g/mol. The number of aromatic nitrogens is 2. The van der Waals surface area contributed by atoms with Crippen molar-refractivity contribution in [2.45, 2.75) is 40.8 Å². The zero-order valence-electron chi connectivity index (χ0n) is 13.3. The topological polar surface area (TPSA) is 55.0 Å². The van der Waals surface area contributed by atoms with E-state index >= 15 is 0 Å². The van der Waals surface area contributed by atoms with Crippen molar-refractivity contribution >= 4 is 5.82 Å². The summed E-state index contributed by atoms with van der Waals surface area (Å²) in [5, 5.41) is 0. The van der Waals surface area contributed by atoms with Crippen LogP contribution in [0.4, 0.5) is 5.82 Å². The minimum absolute atomic E-state index is 0.506. The molecular weight excluding hydrogens is 260 g/mol. The largest absolute Gasteiger partial charge is 0.351 e. The van der Waals surface area contributed by atoms with Gasteiger partial charge in [0.25, 0.3) is 0 Å². The molecule has 0 bridgehead atoms. The van der Waals surface area contributed by atoms with Crippen LogP contribution in [0.1, 0.15) is 35.1 Å². The third-order valence-corrected chi connectivity index (χ3v) is 3.64. The van der Waals surface area contributed by atoms with E-state index in [1.165, 1.54) is 5.56 Å². The molecule has 112 valence electrons. The van der Waals surface area contributed by atoms with Crippen molar-refractivity contribution in [3.63, 3.8) is 0 Å². The van der Waals surface area contributed by atoms with Crippen LogP contribution in [0.15, 0.2) is 24.3 Å². The van der Waals surface area contributed by atoms with Gasteiger partial charge in [-0.1, -0.05) is 6.07 Å². The highest BCUT2D eigenvalue weighted by Crippen LogP contribution is 2.23. The number of anilines is 1. The van der Waals surface area contributed by atoms with Crippen molar-refractivity contribution in [2.24, 2.45) is 5.73 Å². The Bertz CT molecular complexity index is 622. The van der Waals surface area contributed by atoms with Crippen LogP contribution in [-0.4, -0.2) is 16.5 Å². The van der Waals surface area contributed by atoms with E-state index in [9.17, 15) is 0 Å². The van der Waals surface area contributed by atoms with Gasteiger partial charge in [0.15, 0.2) is 0 Å². The van der Waals surface area contributed by atoms with Gasteiger partial charge in [-0.15, -0.1) is 0 Å². The van der Waals surface area contributed by atoms with Gasteiger partial charge in [-0.05, 0) is 51.5 Å². The quantitative estimate of drug-likeness (QED) is 0.917. The van der Waals surface area contributed by atoms with Gasteiger partial charge in [0.05, 0.1) is 12.2 Å². The average molecular weight is 284 g/mol. The van der Waals surface area contributed by atoms with Gasteiger partial charge in [-0.2, -0.15) is 0 Å². The van der Waals surface area contributed by atoms with Gasteiger partial charge in [-0.25, -0.2) is 4.98 Å². The fraction of sp³-hybridized carbons (Fsp3) is 0.412. The fourth-order valence-corrected chi connectivity index (χ4v) is 2.58. The highest BCUT2D eigenvalue weighted by molar-refractivity contribution is 5.51. The van der Waals surface area contributed by atoms with Crippen molar-refractivity contribution in [3.8, 4) is 0 Å². The smallest absolute Gasteiger partial charge is 0.133 e. The average Bonchev–Trinajstić information content (AvgIpc) is 2.44. The van der Waals surface area contributed by atoms with E-state index in [1.807, 2.05) is 26.0 Å².